The van der Waals surface area contributed by atoms with Crippen LogP contribution in [0.5, 0.6) is 5.75 Å². The predicted octanol–water partition coefficient (Wildman–Crippen LogP) is 4.87. The third kappa shape index (κ3) is 6.79. The van der Waals surface area contributed by atoms with Gasteiger partial charge in [0.15, 0.2) is 6.61 Å². The Kier molecular flexibility index (Phi) is 8.30. The standard InChI is InChI=1S/C27H32ClN3O5/c1-16(2)14-31-22(13-30-26(34)36-27(3,4)5)24(17-6-8-18(28)9-7-17)21-12-19(35-15-23(29)32)10-11-20(21)25(31)33/h6-12,16H,13-15H2,1-5H3,(H2,29,32)(H,30,34). The first-order chi connectivity index (χ1) is 16.9. The zero-order chi connectivity index (χ0) is 26.6. The van der Waals surface area contributed by atoms with E-state index < -0.39 is 17.6 Å². The third-order valence-electron chi connectivity index (χ3n) is 5.21. The van der Waals surface area contributed by atoms with Crippen LogP contribution in [-0.2, 0) is 22.6 Å². The molecule has 2 amide bonds. The van der Waals surface area contributed by atoms with Crippen LogP contribution in [0.25, 0.3) is 21.9 Å². The number of hydrogen-bond donors (Lipinski definition) is 2. The molecule has 8 nitrogen and oxygen atoms in total. The summed E-state index contributed by atoms with van der Waals surface area (Å²) in [5.74, 6) is -0.0529. The van der Waals surface area contributed by atoms with Crippen LogP contribution in [0, 0.1) is 5.92 Å². The van der Waals surface area contributed by atoms with Crippen molar-refractivity contribution in [3.63, 3.8) is 0 Å². The largest absolute Gasteiger partial charge is 0.484 e. The van der Waals surface area contributed by atoms with Crippen molar-refractivity contribution in [1.29, 1.82) is 0 Å². The molecule has 192 valence electrons. The van der Waals surface area contributed by atoms with E-state index >= 15 is 0 Å². The molecule has 0 saturated carbocycles. The lowest BCUT2D eigenvalue weighted by molar-refractivity contribution is -0.119. The first-order valence-corrected chi connectivity index (χ1v) is 12.1. The van der Waals surface area contributed by atoms with Gasteiger partial charge in [-0.15, -0.1) is 0 Å². The summed E-state index contributed by atoms with van der Waals surface area (Å²) >= 11 is 6.15. The molecule has 2 aromatic carbocycles. The molecule has 0 atom stereocenters. The minimum atomic E-state index is -0.670. The summed E-state index contributed by atoms with van der Waals surface area (Å²) in [5.41, 5.74) is 6.52. The predicted molar refractivity (Wildman–Crippen MR) is 141 cm³/mol. The van der Waals surface area contributed by atoms with Gasteiger partial charge in [-0.3, -0.25) is 9.59 Å². The highest BCUT2D eigenvalue weighted by Gasteiger charge is 2.22. The summed E-state index contributed by atoms with van der Waals surface area (Å²) in [5, 5.41) is 4.46. The van der Waals surface area contributed by atoms with Gasteiger partial charge in [-0.1, -0.05) is 37.6 Å². The summed E-state index contributed by atoms with van der Waals surface area (Å²) < 4.78 is 12.6. The molecule has 0 bridgehead atoms. The summed E-state index contributed by atoms with van der Waals surface area (Å²) in [4.78, 5) is 37.4. The number of nitrogens with two attached hydrogens (primary N) is 1. The molecule has 1 aromatic heterocycles. The molecule has 1 heterocycles. The molecule has 0 aliphatic rings. The Bertz CT molecular complexity index is 1320. The topological polar surface area (TPSA) is 113 Å². The summed E-state index contributed by atoms with van der Waals surface area (Å²) in [6, 6.07) is 12.3. The van der Waals surface area contributed by atoms with Crippen molar-refractivity contribution < 1.29 is 19.1 Å². The molecule has 0 radical (unpaired) electrons. The number of nitrogens with zero attached hydrogens (tertiary/aromatic N) is 1. The average Bonchev–Trinajstić information content (AvgIpc) is 2.77. The van der Waals surface area contributed by atoms with Crippen LogP contribution in [-0.4, -0.2) is 28.8 Å². The first kappa shape index (κ1) is 27.1. The van der Waals surface area contributed by atoms with E-state index in [2.05, 4.69) is 5.32 Å². The van der Waals surface area contributed by atoms with Crippen LogP contribution in [0.2, 0.25) is 5.02 Å². The van der Waals surface area contributed by atoms with Gasteiger partial charge < -0.3 is 25.1 Å². The molecule has 3 rings (SSSR count). The van der Waals surface area contributed by atoms with Gasteiger partial charge in [0.2, 0.25) is 0 Å². The number of amides is 2. The Morgan fingerprint density at radius 3 is 2.33 bits per heavy atom. The number of carbonyl (C=O) groups is 2. The van der Waals surface area contributed by atoms with Crippen LogP contribution in [0.3, 0.4) is 0 Å². The van der Waals surface area contributed by atoms with Gasteiger partial charge in [0, 0.05) is 33.6 Å². The fourth-order valence-corrected chi connectivity index (χ4v) is 4.00. The number of ether oxygens (including phenoxy) is 2. The molecule has 0 unspecified atom stereocenters. The molecular weight excluding hydrogens is 482 g/mol. The maximum atomic E-state index is 13.7. The van der Waals surface area contributed by atoms with Gasteiger partial charge in [0.1, 0.15) is 11.4 Å². The van der Waals surface area contributed by atoms with Crippen molar-refractivity contribution >= 4 is 34.4 Å². The number of pyridine rings is 1. The van der Waals surface area contributed by atoms with E-state index in [9.17, 15) is 14.4 Å². The number of aromatic nitrogens is 1. The lowest BCUT2D eigenvalue weighted by Crippen LogP contribution is -2.35. The molecule has 0 saturated heterocycles. The second-order valence-electron chi connectivity index (χ2n) is 9.96. The van der Waals surface area contributed by atoms with Crippen molar-refractivity contribution in [2.45, 2.75) is 53.3 Å². The van der Waals surface area contributed by atoms with Crippen molar-refractivity contribution in [3.05, 3.63) is 63.5 Å². The number of hydrogen-bond acceptors (Lipinski definition) is 5. The zero-order valence-corrected chi connectivity index (χ0v) is 21.9. The van der Waals surface area contributed by atoms with E-state index in [1.165, 1.54) is 0 Å². The normalized spacial score (nSPS) is 11.5. The molecule has 0 fully saturated rings. The number of rotatable bonds is 8. The molecule has 0 spiro atoms. The van der Waals surface area contributed by atoms with Gasteiger partial charge in [0.25, 0.3) is 11.5 Å². The Labute approximate surface area is 215 Å². The maximum absolute atomic E-state index is 13.7. The van der Waals surface area contributed by atoms with Crippen LogP contribution in [0.4, 0.5) is 4.79 Å². The minimum Gasteiger partial charge on any atom is -0.484 e. The maximum Gasteiger partial charge on any atom is 0.407 e. The quantitative estimate of drug-likeness (QED) is 0.446. The van der Waals surface area contributed by atoms with Gasteiger partial charge in [-0.25, -0.2) is 4.79 Å². The Morgan fingerprint density at radius 2 is 1.75 bits per heavy atom. The molecule has 3 N–H and O–H groups in total. The number of benzene rings is 2. The molecule has 0 aliphatic carbocycles. The minimum absolute atomic E-state index is 0.0527. The Hall–Kier alpha value is -3.52. The molecular formula is C27H32ClN3O5. The van der Waals surface area contributed by atoms with Gasteiger partial charge in [-0.2, -0.15) is 0 Å². The highest BCUT2D eigenvalue weighted by Crippen LogP contribution is 2.34. The first-order valence-electron chi connectivity index (χ1n) is 11.7. The van der Waals surface area contributed by atoms with E-state index in [0.717, 1.165) is 11.1 Å². The fourth-order valence-electron chi connectivity index (χ4n) is 3.87. The van der Waals surface area contributed by atoms with Crippen molar-refractivity contribution in [2.75, 3.05) is 6.61 Å². The number of carbonyl (C=O) groups excluding carboxylic acids is 2. The number of primary amides is 1. The highest BCUT2D eigenvalue weighted by atomic mass is 35.5. The van der Waals surface area contributed by atoms with Gasteiger partial charge >= 0.3 is 6.09 Å². The van der Waals surface area contributed by atoms with E-state index in [4.69, 9.17) is 26.8 Å². The van der Waals surface area contributed by atoms with E-state index in [0.29, 0.717) is 33.8 Å². The smallest absolute Gasteiger partial charge is 0.407 e. The van der Waals surface area contributed by atoms with E-state index in [-0.39, 0.29) is 24.6 Å². The Morgan fingerprint density at radius 1 is 1.08 bits per heavy atom. The third-order valence-corrected chi connectivity index (χ3v) is 5.46. The SMILES string of the molecule is CC(C)Cn1c(CNC(=O)OC(C)(C)C)c(-c2ccc(Cl)cc2)c2cc(OCC(N)=O)ccc2c1=O. The van der Waals surface area contributed by atoms with Crippen molar-refractivity contribution in [3.8, 4) is 16.9 Å². The second kappa shape index (κ2) is 11.0. The molecule has 36 heavy (non-hydrogen) atoms. The lowest BCUT2D eigenvalue weighted by Gasteiger charge is -2.23. The highest BCUT2D eigenvalue weighted by molar-refractivity contribution is 6.30. The average molecular weight is 514 g/mol. The fraction of sp³-hybridized carbons (Fsp3) is 0.370. The van der Waals surface area contributed by atoms with Crippen molar-refractivity contribution in [2.24, 2.45) is 11.7 Å². The van der Waals surface area contributed by atoms with Gasteiger partial charge in [-0.05, 0) is 62.6 Å². The van der Waals surface area contributed by atoms with Crippen LogP contribution in [0.1, 0.15) is 40.3 Å². The number of fused-ring (bicyclic) bond motifs is 1. The zero-order valence-electron chi connectivity index (χ0n) is 21.2. The molecule has 0 aliphatic heterocycles. The molecule has 9 heteroatoms. The Balaban J connectivity index is 2.27. The monoisotopic (exact) mass is 513 g/mol. The summed E-state index contributed by atoms with van der Waals surface area (Å²) in [6.07, 6.45) is -0.591. The number of halogens is 1. The lowest BCUT2D eigenvalue weighted by atomic mass is 9.96. The van der Waals surface area contributed by atoms with Gasteiger partial charge in [0.05, 0.1) is 6.54 Å². The van der Waals surface area contributed by atoms with Crippen molar-refractivity contribution in [1.82, 2.24) is 9.88 Å². The summed E-state index contributed by atoms with van der Waals surface area (Å²) in [7, 11) is 0. The van der Waals surface area contributed by atoms with Crippen LogP contribution in [0.15, 0.2) is 47.3 Å². The van der Waals surface area contributed by atoms with Crippen LogP contribution < -0.4 is 21.3 Å². The van der Waals surface area contributed by atoms with Crippen LogP contribution >= 0.6 is 11.6 Å². The second-order valence-corrected chi connectivity index (χ2v) is 10.4. The number of nitrogens with one attached hydrogen (secondary N) is 1. The molecule has 3 aromatic rings. The van der Waals surface area contributed by atoms with E-state index in [1.807, 2.05) is 26.0 Å². The summed E-state index contributed by atoms with van der Waals surface area (Å²) in [6.45, 7) is 9.59. The number of alkyl carbamates (subject to hydrolysis) is 1. The van der Waals surface area contributed by atoms with E-state index in [1.54, 1.807) is 55.7 Å².